The Morgan fingerprint density at radius 3 is 2.00 bits per heavy atom. The fraction of sp³-hybridized carbons (Fsp3) is 0.526. The van der Waals surface area contributed by atoms with Gasteiger partial charge in [0.2, 0.25) is 17.7 Å². The predicted octanol–water partition coefficient (Wildman–Crippen LogP) is 0.469. The molecule has 27 heavy (non-hydrogen) atoms. The van der Waals surface area contributed by atoms with E-state index in [0.29, 0.717) is 5.56 Å². The van der Waals surface area contributed by atoms with Gasteiger partial charge in [-0.3, -0.25) is 19.6 Å². The lowest BCUT2D eigenvalue weighted by Gasteiger charge is -2.32. The minimum Gasteiger partial charge on any atom is -0.396 e. The minimum absolute atomic E-state index is 0.370. The summed E-state index contributed by atoms with van der Waals surface area (Å²) in [7, 11) is 1.47. The van der Waals surface area contributed by atoms with Crippen molar-refractivity contribution in [1.82, 2.24) is 16.1 Å². The number of hydroxylamine groups is 1. The highest BCUT2D eigenvalue weighted by molar-refractivity contribution is 5.94. The Bertz CT molecular complexity index is 667. The summed E-state index contributed by atoms with van der Waals surface area (Å²) >= 11 is 0. The molecule has 0 heterocycles. The Morgan fingerprint density at radius 1 is 1.04 bits per heavy atom. The predicted molar refractivity (Wildman–Crippen MR) is 99.9 cm³/mol. The van der Waals surface area contributed by atoms with Gasteiger partial charge in [-0.1, -0.05) is 50.6 Å². The van der Waals surface area contributed by atoms with E-state index in [9.17, 15) is 19.5 Å². The van der Waals surface area contributed by atoms with E-state index in [1.165, 1.54) is 12.5 Å². The number of aliphatic hydroxyl groups excluding tert-OH is 1. The van der Waals surface area contributed by atoms with E-state index in [0.717, 1.165) is 5.56 Å². The van der Waals surface area contributed by atoms with Crippen molar-refractivity contribution in [2.45, 2.75) is 39.7 Å². The SMILES string of the molecule is CNC(=O)[C@@H](NC(=O)[C@H](c1ccc(C)cc1)[C@@H](CO)C(=O)NO)C(C)(C)C. The number of nitrogens with one attached hydrogen (secondary N) is 3. The van der Waals surface area contributed by atoms with E-state index in [4.69, 9.17) is 5.21 Å². The van der Waals surface area contributed by atoms with Gasteiger partial charge in [0.1, 0.15) is 6.04 Å². The van der Waals surface area contributed by atoms with Crippen molar-refractivity contribution in [1.29, 1.82) is 0 Å². The molecule has 1 aromatic rings. The van der Waals surface area contributed by atoms with Gasteiger partial charge >= 0.3 is 0 Å². The fourth-order valence-electron chi connectivity index (χ4n) is 2.81. The molecule has 8 heteroatoms. The average molecular weight is 379 g/mol. The number of aliphatic hydroxyl groups is 1. The maximum Gasteiger partial charge on any atom is 0.249 e. The molecule has 0 radical (unpaired) electrons. The normalized spacial score (nSPS) is 14.6. The number of carbonyl (C=O) groups excluding carboxylic acids is 3. The molecule has 3 amide bonds. The van der Waals surface area contributed by atoms with Crippen molar-refractivity contribution in [3.05, 3.63) is 35.4 Å². The van der Waals surface area contributed by atoms with E-state index >= 15 is 0 Å². The first kappa shape index (κ1) is 22.6. The van der Waals surface area contributed by atoms with Gasteiger partial charge in [0, 0.05) is 7.05 Å². The Morgan fingerprint density at radius 2 is 1.59 bits per heavy atom. The van der Waals surface area contributed by atoms with Crippen LogP contribution in [0.5, 0.6) is 0 Å². The molecule has 0 spiro atoms. The van der Waals surface area contributed by atoms with E-state index in [-0.39, 0.29) is 5.91 Å². The van der Waals surface area contributed by atoms with E-state index in [1.807, 2.05) is 6.92 Å². The van der Waals surface area contributed by atoms with Gasteiger partial charge in [0.25, 0.3) is 0 Å². The van der Waals surface area contributed by atoms with Crippen LogP contribution in [0.4, 0.5) is 0 Å². The van der Waals surface area contributed by atoms with Crippen LogP contribution in [0.2, 0.25) is 0 Å². The zero-order chi connectivity index (χ0) is 20.8. The van der Waals surface area contributed by atoms with Crippen molar-refractivity contribution in [3.63, 3.8) is 0 Å². The summed E-state index contributed by atoms with van der Waals surface area (Å²) in [4.78, 5) is 37.3. The lowest BCUT2D eigenvalue weighted by molar-refractivity contribution is -0.140. The van der Waals surface area contributed by atoms with Crippen LogP contribution in [0.1, 0.15) is 37.8 Å². The van der Waals surface area contributed by atoms with Crippen LogP contribution in [-0.2, 0) is 14.4 Å². The number of amides is 3. The summed E-state index contributed by atoms with van der Waals surface area (Å²) < 4.78 is 0. The molecule has 5 N–H and O–H groups in total. The van der Waals surface area contributed by atoms with Gasteiger partial charge in [-0.15, -0.1) is 0 Å². The topological polar surface area (TPSA) is 128 Å². The van der Waals surface area contributed by atoms with Crippen LogP contribution in [0.15, 0.2) is 24.3 Å². The first-order valence-corrected chi connectivity index (χ1v) is 8.70. The summed E-state index contributed by atoms with van der Waals surface area (Å²) in [6.07, 6.45) is 0. The third-order valence-electron chi connectivity index (χ3n) is 4.43. The van der Waals surface area contributed by atoms with E-state index in [2.05, 4.69) is 10.6 Å². The number of benzene rings is 1. The minimum atomic E-state index is -1.22. The third kappa shape index (κ3) is 5.77. The van der Waals surface area contributed by atoms with Crippen molar-refractivity contribution >= 4 is 17.7 Å². The standard InChI is InChI=1S/C19H29N3O5/c1-11-6-8-12(9-7-11)14(13(10-23)16(24)22-27)17(25)21-15(18(26)20-5)19(2,3)4/h6-9,13-15,23,27H,10H2,1-5H3,(H,20,26)(H,21,25)(H,22,24)/t13-,14-,15-/m1/s1. The number of carbonyl (C=O) groups is 3. The second-order valence-electron chi connectivity index (χ2n) is 7.58. The van der Waals surface area contributed by atoms with Gasteiger partial charge in [-0.2, -0.15) is 0 Å². The molecule has 0 aliphatic rings. The zero-order valence-electron chi connectivity index (χ0n) is 16.4. The molecule has 0 aromatic heterocycles. The molecule has 1 rings (SSSR count). The zero-order valence-corrected chi connectivity index (χ0v) is 16.4. The van der Waals surface area contributed by atoms with Gasteiger partial charge in [-0.05, 0) is 17.9 Å². The molecule has 3 atom stereocenters. The molecule has 8 nitrogen and oxygen atoms in total. The fourth-order valence-corrected chi connectivity index (χ4v) is 2.81. The molecular weight excluding hydrogens is 350 g/mol. The van der Waals surface area contributed by atoms with Crippen LogP contribution in [0.3, 0.4) is 0 Å². The Kier molecular flexibility index (Phi) is 7.93. The Hall–Kier alpha value is -2.45. The van der Waals surface area contributed by atoms with Crippen LogP contribution >= 0.6 is 0 Å². The molecule has 150 valence electrons. The number of aryl methyl sites for hydroxylation is 1. The first-order chi connectivity index (χ1) is 12.6. The second kappa shape index (κ2) is 9.48. The maximum atomic E-state index is 13.1. The molecule has 0 aliphatic heterocycles. The quantitative estimate of drug-likeness (QED) is 0.348. The van der Waals surface area contributed by atoms with Gasteiger partial charge < -0.3 is 15.7 Å². The Balaban J connectivity index is 3.32. The highest BCUT2D eigenvalue weighted by Gasteiger charge is 2.39. The number of hydrogen-bond donors (Lipinski definition) is 5. The number of likely N-dealkylation sites (N-methyl/N-ethyl adjacent to an activating group) is 1. The molecular formula is C19H29N3O5. The summed E-state index contributed by atoms with van der Waals surface area (Å²) in [5.74, 6) is -4.15. The van der Waals surface area contributed by atoms with E-state index in [1.54, 1.807) is 45.0 Å². The van der Waals surface area contributed by atoms with E-state index < -0.39 is 41.7 Å². The first-order valence-electron chi connectivity index (χ1n) is 8.70. The highest BCUT2D eigenvalue weighted by atomic mass is 16.5. The highest BCUT2D eigenvalue weighted by Crippen LogP contribution is 2.28. The van der Waals surface area contributed by atoms with Crippen molar-refractivity contribution < 1.29 is 24.7 Å². The summed E-state index contributed by atoms with van der Waals surface area (Å²) in [5, 5.41) is 23.9. The molecule has 0 bridgehead atoms. The average Bonchev–Trinajstić information content (AvgIpc) is 2.62. The van der Waals surface area contributed by atoms with Crippen LogP contribution in [-0.4, -0.2) is 47.7 Å². The smallest absolute Gasteiger partial charge is 0.249 e. The lowest BCUT2D eigenvalue weighted by Crippen LogP contribution is -2.55. The Labute approximate surface area is 159 Å². The molecule has 0 saturated heterocycles. The number of rotatable bonds is 7. The summed E-state index contributed by atoms with van der Waals surface area (Å²) in [6.45, 7) is 6.64. The van der Waals surface area contributed by atoms with Crippen molar-refractivity contribution in [3.8, 4) is 0 Å². The third-order valence-corrected chi connectivity index (χ3v) is 4.43. The number of hydrogen-bond acceptors (Lipinski definition) is 5. The summed E-state index contributed by atoms with van der Waals surface area (Å²) in [5.41, 5.74) is 2.36. The largest absolute Gasteiger partial charge is 0.396 e. The van der Waals surface area contributed by atoms with Gasteiger partial charge in [0.15, 0.2) is 0 Å². The van der Waals surface area contributed by atoms with Crippen molar-refractivity contribution in [2.24, 2.45) is 11.3 Å². The monoisotopic (exact) mass is 379 g/mol. The van der Waals surface area contributed by atoms with Crippen molar-refractivity contribution in [2.75, 3.05) is 13.7 Å². The lowest BCUT2D eigenvalue weighted by atomic mass is 9.82. The van der Waals surface area contributed by atoms with Gasteiger partial charge in [0.05, 0.1) is 18.4 Å². The second-order valence-corrected chi connectivity index (χ2v) is 7.58. The summed E-state index contributed by atoms with van der Waals surface area (Å²) in [6, 6.07) is 6.07. The maximum absolute atomic E-state index is 13.1. The van der Waals surface area contributed by atoms with Crippen LogP contribution < -0.4 is 16.1 Å². The van der Waals surface area contributed by atoms with Gasteiger partial charge in [-0.25, -0.2) is 5.48 Å². The molecule has 0 unspecified atom stereocenters. The molecule has 0 fully saturated rings. The molecule has 0 aliphatic carbocycles. The molecule has 1 aromatic carbocycles. The molecule has 0 saturated carbocycles. The van der Waals surface area contributed by atoms with Crippen LogP contribution in [0.25, 0.3) is 0 Å². The van der Waals surface area contributed by atoms with Crippen LogP contribution in [0, 0.1) is 18.3 Å².